The van der Waals surface area contributed by atoms with E-state index in [9.17, 15) is 9.59 Å². The van der Waals surface area contributed by atoms with Crippen molar-refractivity contribution in [1.82, 2.24) is 4.40 Å². The van der Waals surface area contributed by atoms with Crippen LogP contribution in [0.2, 0.25) is 0 Å². The van der Waals surface area contributed by atoms with Crippen molar-refractivity contribution in [1.29, 1.82) is 0 Å². The fourth-order valence-electron chi connectivity index (χ4n) is 5.43. The first-order chi connectivity index (χ1) is 21.6. The lowest BCUT2D eigenvalue weighted by atomic mass is 10.0. The molecular weight excluding hydrogens is 568 g/mol. The summed E-state index contributed by atoms with van der Waals surface area (Å²) < 4.78 is 13.9. The maximum absolute atomic E-state index is 14.5. The van der Waals surface area contributed by atoms with Crippen LogP contribution in [0, 0.1) is 0 Å². The van der Waals surface area contributed by atoms with Crippen LogP contribution in [-0.4, -0.2) is 30.6 Å². The van der Waals surface area contributed by atoms with E-state index in [4.69, 9.17) is 9.47 Å². The van der Waals surface area contributed by atoms with E-state index >= 15 is 0 Å². The highest BCUT2D eigenvalue weighted by atomic mass is 32.1. The molecular formula is C37H34N2O4S. The minimum Gasteiger partial charge on any atom is -0.489 e. The van der Waals surface area contributed by atoms with Gasteiger partial charge in [-0.2, -0.15) is 0 Å². The summed E-state index contributed by atoms with van der Waals surface area (Å²) in [5.41, 5.74) is 3.94. The molecule has 3 aromatic heterocycles. The van der Waals surface area contributed by atoms with Crippen molar-refractivity contribution >= 4 is 38.5 Å². The maximum Gasteiger partial charge on any atom is 0.263 e. The third-order valence-corrected chi connectivity index (χ3v) is 8.85. The quantitative estimate of drug-likeness (QED) is 0.151. The van der Waals surface area contributed by atoms with Gasteiger partial charge in [-0.05, 0) is 65.4 Å². The zero-order chi connectivity index (χ0) is 30.5. The molecule has 0 unspecified atom stereocenters. The van der Waals surface area contributed by atoms with Crippen LogP contribution in [0.4, 0.5) is 5.69 Å². The number of benzene rings is 3. The van der Waals surface area contributed by atoms with Crippen LogP contribution in [0.5, 0.6) is 5.75 Å². The van der Waals surface area contributed by atoms with Gasteiger partial charge in [0.25, 0.3) is 11.5 Å². The highest BCUT2D eigenvalue weighted by molar-refractivity contribution is 7.20. The number of anilines is 1. The molecule has 222 valence electrons. The number of carbonyl (C=O) groups excluding carboxylic acids is 1. The van der Waals surface area contributed by atoms with Gasteiger partial charge < -0.3 is 14.4 Å². The van der Waals surface area contributed by atoms with E-state index in [1.165, 1.54) is 4.88 Å². The summed E-state index contributed by atoms with van der Waals surface area (Å²) >= 11 is 1.65. The predicted molar refractivity (Wildman–Crippen MR) is 179 cm³/mol. The monoisotopic (exact) mass is 602 g/mol. The Labute approximate surface area is 260 Å². The molecule has 0 N–H and O–H groups in total. The first kappa shape index (κ1) is 29.4. The van der Waals surface area contributed by atoms with Crippen molar-refractivity contribution in [2.24, 2.45) is 0 Å². The van der Waals surface area contributed by atoms with Crippen molar-refractivity contribution in [2.75, 3.05) is 25.2 Å². The van der Waals surface area contributed by atoms with E-state index < -0.39 is 0 Å². The van der Waals surface area contributed by atoms with Gasteiger partial charge in [-0.3, -0.25) is 14.0 Å². The molecule has 3 heterocycles. The van der Waals surface area contributed by atoms with Crippen LogP contribution >= 0.6 is 11.3 Å². The Hall–Kier alpha value is -4.72. The lowest BCUT2D eigenvalue weighted by Gasteiger charge is -2.24. The van der Waals surface area contributed by atoms with Crippen LogP contribution in [0.15, 0.2) is 114 Å². The lowest BCUT2D eigenvalue weighted by molar-refractivity contribution is 0.0977. The van der Waals surface area contributed by atoms with Gasteiger partial charge in [-0.25, -0.2) is 0 Å². The number of hydrogen-bond acceptors (Lipinski definition) is 5. The first-order valence-electron chi connectivity index (χ1n) is 14.8. The van der Waals surface area contributed by atoms with E-state index in [1.807, 2.05) is 91.0 Å². The Kier molecular flexibility index (Phi) is 8.86. The minimum absolute atomic E-state index is 0.176. The molecule has 0 atom stereocenters. The molecule has 0 fully saturated rings. The number of rotatable bonds is 11. The Bertz CT molecular complexity index is 1950. The Balaban J connectivity index is 1.48. The molecule has 0 aliphatic heterocycles. The summed E-state index contributed by atoms with van der Waals surface area (Å²) in [6, 6.07) is 32.9. The topological polar surface area (TPSA) is 60.2 Å². The molecule has 6 aromatic rings. The molecule has 0 bridgehead atoms. The van der Waals surface area contributed by atoms with Gasteiger partial charge in [0.05, 0.1) is 22.4 Å². The van der Waals surface area contributed by atoms with Gasteiger partial charge in [0.15, 0.2) is 0 Å². The van der Waals surface area contributed by atoms with Crippen LogP contribution in [-0.2, 0) is 17.8 Å². The molecule has 44 heavy (non-hydrogen) atoms. The smallest absolute Gasteiger partial charge is 0.263 e. The van der Waals surface area contributed by atoms with Crippen LogP contribution in [0.1, 0.15) is 34.1 Å². The lowest BCUT2D eigenvalue weighted by Crippen LogP contribution is -2.35. The molecule has 0 saturated carbocycles. The van der Waals surface area contributed by atoms with E-state index in [0.29, 0.717) is 47.7 Å². The second-order valence-corrected chi connectivity index (χ2v) is 11.8. The molecule has 1 amide bonds. The number of para-hydroxylation sites is 1. The average Bonchev–Trinajstić information content (AvgIpc) is 3.48. The van der Waals surface area contributed by atoms with Gasteiger partial charge in [0, 0.05) is 36.0 Å². The molecule has 0 spiro atoms. The van der Waals surface area contributed by atoms with Crippen molar-refractivity contribution in [3.8, 4) is 16.9 Å². The maximum atomic E-state index is 14.5. The van der Waals surface area contributed by atoms with Crippen LogP contribution in [0.25, 0.3) is 26.7 Å². The number of thiophene rings is 1. The van der Waals surface area contributed by atoms with Crippen molar-refractivity contribution < 1.29 is 14.3 Å². The van der Waals surface area contributed by atoms with Crippen molar-refractivity contribution in [3.05, 3.63) is 136 Å². The number of aromatic nitrogens is 1. The largest absolute Gasteiger partial charge is 0.489 e. The number of carbonyl (C=O) groups is 1. The summed E-state index contributed by atoms with van der Waals surface area (Å²) in [5, 5.41) is 1.03. The third kappa shape index (κ3) is 6.02. The van der Waals surface area contributed by atoms with E-state index in [-0.39, 0.29) is 11.5 Å². The molecule has 0 aliphatic rings. The highest BCUT2D eigenvalue weighted by Crippen LogP contribution is 2.34. The summed E-state index contributed by atoms with van der Waals surface area (Å²) in [6.07, 6.45) is 3.76. The van der Waals surface area contributed by atoms with Crippen molar-refractivity contribution in [2.45, 2.75) is 26.4 Å². The Morgan fingerprint density at radius 3 is 2.34 bits per heavy atom. The van der Waals surface area contributed by atoms with Crippen LogP contribution < -0.4 is 15.2 Å². The summed E-state index contributed by atoms with van der Waals surface area (Å²) in [7, 11) is 1.63. The Morgan fingerprint density at radius 1 is 0.909 bits per heavy atom. The number of hydrogen-bond donors (Lipinski definition) is 0. The normalized spacial score (nSPS) is 11.2. The van der Waals surface area contributed by atoms with Crippen LogP contribution in [0.3, 0.4) is 0 Å². The number of amides is 1. The molecule has 7 heteroatoms. The van der Waals surface area contributed by atoms with E-state index in [1.54, 1.807) is 40.0 Å². The molecule has 0 aliphatic carbocycles. The zero-order valence-electron chi connectivity index (χ0n) is 24.9. The molecule has 6 rings (SSSR count). The first-order valence-corrected chi connectivity index (χ1v) is 15.6. The number of pyridine rings is 2. The van der Waals surface area contributed by atoms with E-state index in [2.05, 4.69) is 13.0 Å². The number of aryl methyl sites for hydroxylation is 1. The summed E-state index contributed by atoms with van der Waals surface area (Å²) in [4.78, 5) is 31.6. The number of methoxy groups -OCH3 is 1. The minimum atomic E-state index is -0.187. The number of fused-ring (bicyclic) bond motifs is 3. The SMILES string of the molecule is CCCc1cc2ccn3c(=O)c(-c4ccc(OCc5ccccc5)cc4)cc(C(=O)N(CCOC)c4ccccc4)c3c2s1. The Morgan fingerprint density at radius 2 is 1.64 bits per heavy atom. The summed E-state index contributed by atoms with van der Waals surface area (Å²) in [6.45, 7) is 3.34. The zero-order valence-corrected chi connectivity index (χ0v) is 25.7. The highest BCUT2D eigenvalue weighted by Gasteiger charge is 2.24. The fraction of sp³-hybridized carbons (Fsp3) is 0.189. The second kappa shape index (κ2) is 13.3. The fourth-order valence-corrected chi connectivity index (χ4v) is 6.73. The second-order valence-electron chi connectivity index (χ2n) is 10.6. The van der Waals surface area contributed by atoms with Gasteiger partial charge in [-0.15, -0.1) is 11.3 Å². The number of ether oxygens (including phenoxy) is 2. The van der Waals surface area contributed by atoms with Gasteiger partial charge >= 0.3 is 0 Å². The predicted octanol–water partition coefficient (Wildman–Crippen LogP) is 8.01. The molecule has 0 radical (unpaired) electrons. The van der Waals surface area contributed by atoms with E-state index in [0.717, 1.165) is 34.2 Å². The van der Waals surface area contributed by atoms with Crippen molar-refractivity contribution in [3.63, 3.8) is 0 Å². The number of nitrogens with zero attached hydrogens (tertiary/aromatic N) is 2. The average molecular weight is 603 g/mol. The molecule has 6 nitrogen and oxygen atoms in total. The molecule has 0 saturated heterocycles. The van der Waals surface area contributed by atoms with Gasteiger partial charge in [0.1, 0.15) is 12.4 Å². The van der Waals surface area contributed by atoms with Gasteiger partial charge in [-0.1, -0.05) is 74.0 Å². The summed E-state index contributed by atoms with van der Waals surface area (Å²) in [5.74, 6) is 0.515. The van der Waals surface area contributed by atoms with Gasteiger partial charge in [0.2, 0.25) is 0 Å². The third-order valence-electron chi connectivity index (χ3n) is 7.64. The molecule has 3 aromatic carbocycles. The standard InChI is InChI=1S/C37H34N2O4S/c1-3-10-31-23-28-19-20-39-34(35(28)44-31)33(37(41)38(21-22-42-2)29-13-8-5-9-14-29)24-32(36(39)40)27-15-17-30(18-16-27)43-25-26-11-6-4-7-12-26/h4-9,11-20,23-24H,3,10,21-22,25H2,1-2H3.